The molecule has 0 aliphatic carbocycles. The SMILES string of the molecule is O=S(=O)(O)c1ccc(C2N(O)C(O)N(c3ccccn3)C(O)N2c2ccc(S(=O)(=O)O)o2)o1. The Hall–Kier alpha value is -3.03. The Balaban J connectivity index is 1.86. The molecule has 3 aromatic heterocycles. The molecule has 0 amide bonds. The van der Waals surface area contributed by atoms with Gasteiger partial charge in [-0.1, -0.05) is 6.07 Å². The van der Waals surface area contributed by atoms with Gasteiger partial charge in [-0.05, 0) is 24.3 Å². The standard InChI is InChI=1S/C16H16N4O11S2/c21-15-18(10-3-1-2-8-17-10)16(22)20(23)14(9-4-6-12(30-9)32(24,25)26)19(15)11-5-7-13(31-11)33(27,28)29/h1-8,14-16,21-23H,(H,24,25,26)(H,27,28,29). The minimum atomic E-state index is -4.79. The molecule has 4 heterocycles. The van der Waals surface area contributed by atoms with Crippen molar-refractivity contribution >= 4 is 31.9 Å². The first-order valence-electron chi connectivity index (χ1n) is 8.85. The summed E-state index contributed by atoms with van der Waals surface area (Å²) in [5.74, 6) is -0.884. The molecule has 1 aliphatic heterocycles. The Morgan fingerprint density at radius 1 is 0.818 bits per heavy atom. The quantitative estimate of drug-likeness (QED) is 0.289. The van der Waals surface area contributed by atoms with Gasteiger partial charge in [-0.2, -0.15) is 16.8 Å². The predicted octanol–water partition coefficient (Wildman–Crippen LogP) is 0.0294. The van der Waals surface area contributed by atoms with Crippen molar-refractivity contribution in [2.45, 2.75) is 29.1 Å². The molecule has 0 spiro atoms. The van der Waals surface area contributed by atoms with E-state index in [2.05, 4.69) is 4.98 Å². The smallest absolute Gasteiger partial charge is 0.328 e. The first kappa shape index (κ1) is 23.1. The molecule has 3 aromatic rings. The number of aliphatic hydroxyl groups is 2. The Bertz CT molecular complexity index is 1360. The van der Waals surface area contributed by atoms with Crippen LogP contribution in [-0.4, -0.2) is 64.1 Å². The van der Waals surface area contributed by atoms with Crippen LogP contribution >= 0.6 is 0 Å². The van der Waals surface area contributed by atoms with Crippen molar-refractivity contribution in [3.63, 3.8) is 0 Å². The van der Waals surface area contributed by atoms with Gasteiger partial charge in [0.05, 0.1) is 0 Å². The van der Waals surface area contributed by atoms with Gasteiger partial charge in [0.15, 0.2) is 6.17 Å². The van der Waals surface area contributed by atoms with E-state index in [-0.39, 0.29) is 10.9 Å². The third kappa shape index (κ3) is 4.18. The molecule has 0 saturated carbocycles. The van der Waals surface area contributed by atoms with E-state index in [9.17, 15) is 41.4 Å². The topological polar surface area (TPSA) is 218 Å². The molecule has 17 heteroatoms. The molecule has 1 saturated heterocycles. The van der Waals surface area contributed by atoms with Gasteiger partial charge >= 0.3 is 20.2 Å². The fourth-order valence-corrected chi connectivity index (χ4v) is 4.08. The van der Waals surface area contributed by atoms with Crippen LogP contribution in [0.15, 0.2) is 67.7 Å². The van der Waals surface area contributed by atoms with E-state index in [4.69, 9.17) is 8.83 Å². The van der Waals surface area contributed by atoms with Crippen molar-refractivity contribution in [1.29, 1.82) is 0 Å². The molecule has 3 atom stereocenters. The molecule has 33 heavy (non-hydrogen) atoms. The van der Waals surface area contributed by atoms with Gasteiger partial charge in [0.2, 0.25) is 28.8 Å². The molecule has 0 radical (unpaired) electrons. The van der Waals surface area contributed by atoms with Gasteiger partial charge < -0.3 is 24.3 Å². The summed E-state index contributed by atoms with van der Waals surface area (Å²) in [4.78, 5) is 5.58. The first-order chi connectivity index (χ1) is 15.4. The molecule has 4 rings (SSSR count). The molecule has 0 bridgehead atoms. The van der Waals surface area contributed by atoms with Crippen LogP contribution in [0, 0.1) is 0 Å². The van der Waals surface area contributed by atoms with Crippen LogP contribution in [0.1, 0.15) is 11.9 Å². The molecule has 5 N–H and O–H groups in total. The van der Waals surface area contributed by atoms with Crippen LogP contribution in [0.2, 0.25) is 0 Å². The summed E-state index contributed by atoms with van der Waals surface area (Å²) in [6, 6.07) is 8.21. The maximum Gasteiger partial charge on any atom is 0.328 e. The van der Waals surface area contributed by atoms with E-state index in [1.807, 2.05) is 0 Å². The van der Waals surface area contributed by atoms with Crippen molar-refractivity contribution in [3.05, 3.63) is 54.4 Å². The molecule has 1 aliphatic rings. The number of hydrogen-bond acceptors (Lipinski definition) is 13. The molecule has 1 fully saturated rings. The second-order valence-electron chi connectivity index (χ2n) is 6.65. The van der Waals surface area contributed by atoms with Crippen molar-refractivity contribution in [3.8, 4) is 0 Å². The zero-order chi connectivity index (χ0) is 24.1. The average Bonchev–Trinajstić information content (AvgIpc) is 3.41. The number of aliphatic hydroxyl groups excluding tert-OH is 2. The van der Waals surface area contributed by atoms with Gasteiger partial charge in [0.25, 0.3) is 0 Å². The fraction of sp³-hybridized carbons (Fsp3) is 0.188. The highest BCUT2D eigenvalue weighted by molar-refractivity contribution is 7.85. The number of furan rings is 2. The summed E-state index contributed by atoms with van der Waals surface area (Å²) in [7, 11) is -9.57. The van der Waals surface area contributed by atoms with Crippen molar-refractivity contribution in [2.24, 2.45) is 0 Å². The van der Waals surface area contributed by atoms with Crippen molar-refractivity contribution in [1.82, 2.24) is 10.0 Å². The van der Waals surface area contributed by atoms with Crippen molar-refractivity contribution < 1.29 is 50.2 Å². The third-order valence-electron chi connectivity index (χ3n) is 4.60. The number of rotatable bonds is 5. The van der Waals surface area contributed by atoms with Crippen LogP contribution in [0.3, 0.4) is 0 Å². The molecular weight excluding hydrogens is 488 g/mol. The lowest BCUT2D eigenvalue weighted by molar-refractivity contribution is -0.255. The summed E-state index contributed by atoms with van der Waals surface area (Å²) in [5, 5.41) is 30.9. The monoisotopic (exact) mass is 504 g/mol. The van der Waals surface area contributed by atoms with Crippen LogP contribution in [0.25, 0.3) is 0 Å². The minimum Gasteiger partial charge on any atom is -0.444 e. The summed E-state index contributed by atoms with van der Waals surface area (Å²) in [6.45, 7) is 0. The number of hydroxylamine groups is 2. The largest absolute Gasteiger partial charge is 0.444 e. The zero-order valence-corrected chi connectivity index (χ0v) is 17.8. The number of anilines is 2. The Morgan fingerprint density at radius 2 is 1.45 bits per heavy atom. The number of hydrogen-bond donors (Lipinski definition) is 5. The highest BCUT2D eigenvalue weighted by Crippen LogP contribution is 2.40. The lowest BCUT2D eigenvalue weighted by atomic mass is 10.2. The lowest BCUT2D eigenvalue weighted by Crippen LogP contribution is -2.67. The second-order valence-corrected chi connectivity index (χ2v) is 9.35. The van der Waals surface area contributed by atoms with Gasteiger partial charge in [-0.15, -0.1) is 5.06 Å². The maximum absolute atomic E-state index is 11.4. The van der Waals surface area contributed by atoms with Gasteiger partial charge in [0, 0.05) is 18.3 Å². The number of aromatic nitrogens is 1. The average molecular weight is 504 g/mol. The predicted molar refractivity (Wildman–Crippen MR) is 105 cm³/mol. The lowest BCUT2D eigenvalue weighted by Gasteiger charge is -2.50. The Kier molecular flexibility index (Phi) is 5.66. The normalized spacial score (nSPS) is 22.6. The summed E-state index contributed by atoms with van der Waals surface area (Å²) in [6.07, 6.45) is -4.28. The molecule has 178 valence electrons. The third-order valence-corrected chi connectivity index (χ3v) is 6.05. The Morgan fingerprint density at radius 3 is 2.00 bits per heavy atom. The van der Waals surface area contributed by atoms with Crippen LogP contribution in [-0.2, 0) is 20.2 Å². The highest BCUT2D eigenvalue weighted by atomic mass is 32.2. The van der Waals surface area contributed by atoms with Gasteiger partial charge in [0.1, 0.15) is 11.6 Å². The van der Waals surface area contributed by atoms with E-state index in [0.717, 1.165) is 34.1 Å². The maximum atomic E-state index is 11.4. The molecule has 3 unspecified atom stereocenters. The molecular formula is C16H16N4O11S2. The van der Waals surface area contributed by atoms with Gasteiger partial charge in [-0.25, -0.2) is 4.98 Å². The van der Waals surface area contributed by atoms with E-state index in [0.29, 0.717) is 0 Å². The summed E-state index contributed by atoms with van der Waals surface area (Å²) < 4.78 is 74.2. The Labute approximate surface area is 185 Å². The van der Waals surface area contributed by atoms with E-state index in [1.54, 1.807) is 6.07 Å². The van der Waals surface area contributed by atoms with Crippen LogP contribution in [0.5, 0.6) is 0 Å². The van der Waals surface area contributed by atoms with Crippen molar-refractivity contribution in [2.75, 3.05) is 9.80 Å². The molecule has 0 aromatic carbocycles. The number of nitrogens with zero attached hydrogens (tertiary/aromatic N) is 4. The first-order valence-corrected chi connectivity index (χ1v) is 11.7. The number of pyridine rings is 1. The second kappa shape index (κ2) is 8.08. The van der Waals surface area contributed by atoms with E-state index >= 15 is 0 Å². The highest BCUT2D eigenvalue weighted by Gasteiger charge is 2.49. The molecule has 15 nitrogen and oxygen atoms in total. The van der Waals surface area contributed by atoms with Gasteiger partial charge in [-0.3, -0.25) is 18.9 Å². The van der Waals surface area contributed by atoms with Crippen LogP contribution < -0.4 is 9.80 Å². The fourth-order valence-electron chi connectivity index (χ4n) is 3.21. The van der Waals surface area contributed by atoms with E-state index in [1.165, 1.54) is 18.3 Å². The zero-order valence-electron chi connectivity index (χ0n) is 16.1. The minimum absolute atomic E-state index is 0.0281. The summed E-state index contributed by atoms with van der Waals surface area (Å²) >= 11 is 0. The van der Waals surface area contributed by atoms with E-state index < -0.39 is 60.9 Å². The van der Waals surface area contributed by atoms with Crippen LogP contribution in [0.4, 0.5) is 11.7 Å². The summed E-state index contributed by atoms with van der Waals surface area (Å²) in [5.41, 5.74) is 0.